The highest BCUT2D eigenvalue weighted by molar-refractivity contribution is 5.95. The molecule has 0 spiro atoms. The molecule has 1 aliphatic rings. The number of rotatable bonds is 9. The maximum Gasteiger partial charge on any atom is 0.418 e. The number of hydrogen-bond acceptors (Lipinski definition) is 6. The fourth-order valence-corrected chi connectivity index (χ4v) is 4.57. The second kappa shape index (κ2) is 12.2. The van der Waals surface area contributed by atoms with Crippen LogP contribution in [0.5, 0.6) is 5.75 Å². The highest BCUT2D eigenvalue weighted by Crippen LogP contribution is 2.39. The molecule has 1 amide bonds. The summed E-state index contributed by atoms with van der Waals surface area (Å²) in [5, 5.41) is 10.8. The molecule has 0 saturated carbocycles. The van der Waals surface area contributed by atoms with Crippen molar-refractivity contribution in [2.24, 2.45) is 0 Å². The molecule has 0 bridgehead atoms. The van der Waals surface area contributed by atoms with Crippen LogP contribution in [-0.4, -0.2) is 43.1 Å². The van der Waals surface area contributed by atoms with Crippen LogP contribution in [0.4, 0.5) is 16.2 Å². The number of carbonyl (C=O) groups is 2. The van der Waals surface area contributed by atoms with Gasteiger partial charge in [-0.15, -0.1) is 0 Å². The lowest BCUT2D eigenvalue weighted by Gasteiger charge is -2.31. The van der Waals surface area contributed by atoms with Crippen LogP contribution in [0.1, 0.15) is 36.8 Å². The van der Waals surface area contributed by atoms with Gasteiger partial charge in [0.1, 0.15) is 5.75 Å². The lowest BCUT2D eigenvalue weighted by molar-refractivity contribution is -0.145. The number of para-hydroxylation sites is 2. The van der Waals surface area contributed by atoms with Crippen molar-refractivity contribution in [2.45, 2.75) is 38.2 Å². The Morgan fingerprint density at radius 3 is 2.22 bits per heavy atom. The summed E-state index contributed by atoms with van der Waals surface area (Å²) < 4.78 is 16.4. The molecule has 3 aromatic carbocycles. The molecule has 0 fully saturated rings. The van der Waals surface area contributed by atoms with Crippen LogP contribution in [0, 0.1) is 0 Å². The Balaban J connectivity index is 1.44. The largest absolute Gasteiger partial charge is 0.482 e. The number of amides is 1. The van der Waals surface area contributed by atoms with Crippen LogP contribution in [-0.2, 0) is 20.7 Å². The van der Waals surface area contributed by atoms with Crippen LogP contribution in [0.25, 0.3) is 0 Å². The molecular weight excluding hydrogens is 458 g/mol. The number of benzene rings is 3. The number of carbonyl (C=O) groups excluding carboxylic acids is 2. The van der Waals surface area contributed by atoms with E-state index in [2.05, 4.69) is 0 Å². The van der Waals surface area contributed by atoms with Crippen LogP contribution in [0.2, 0.25) is 0 Å². The van der Waals surface area contributed by atoms with Crippen molar-refractivity contribution in [3.05, 3.63) is 90.0 Å². The maximum atomic E-state index is 13.1. The van der Waals surface area contributed by atoms with E-state index in [0.717, 1.165) is 11.1 Å². The first-order chi connectivity index (χ1) is 17.6. The molecule has 0 radical (unpaired) electrons. The fourth-order valence-electron chi connectivity index (χ4n) is 4.57. The fraction of sp³-hybridized carbons (Fsp3) is 0.310. The minimum Gasteiger partial charge on any atom is -0.482 e. The van der Waals surface area contributed by atoms with Crippen molar-refractivity contribution in [3.8, 4) is 5.75 Å². The van der Waals surface area contributed by atoms with E-state index in [9.17, 15) is 14.7 Å². The summed E-state index contributed by atoms with van der Waals surface area (Å²) >= 11 is 0. The van der Waals surface area contributed by atoms with Gasteiger partial charge in [0, 0.05) is 5.92 Å². The molecule has 36 heavy (non-hydrogen) atoms. The zero-order valence-corrected chi connectivity index (χ0v) is 20.3. The minimum absolute atomic E-state index is 0.143. The molecular formula is C29H31NO6. The third-order valence-corrected chi connectivity index (χ3v) is 6.24. The Kier molecular flexibility index (Phi) is 8.57. The molecule has 7 heteroatoms. The number of ether oxygens (including phenoxy) is 3. The average molecular weight is 490 g/mol. The summed E-state index contributed by atoms with van der Waals surface area (Å²) in [7, 11) is 0. The number of esters is 1. The molecule has 0 aromatic heterocycles. The van der Waals surface area contributed by atoms with E-state index in [-0.39, 0.29) is 19.1 Å². The summed E-state index contributed by atoms with van der Waals surface area (Å²) in [6, 6.07) is 24.3. The van der Waals surface area contributed by atoms with Gasteiger partial charge >= 0.3 is 12.1 Å². The van der Waals surface area contributed by atoms with Gasteiger partial charge in [0.15, 0.2) is 6.61 Å². The van der Waals surface area contributed by atoms with Crippen molar-refractivity contribution in [1.82, 2.24) is 0 Å². The molecule has 3 aromatic rings. The zero-order chi connectivity index (χ0) is 25.3. The second-order valence-corrected chi connectivity index (χ2v) is 8.54. The predicted molar refractivity (Wildman–Crippen MR) is 137 cm³/mol. The quantitative estimate of drug-likeness (QED) is 0.406. The molecule has 0 heterocycles. The van der Waals surface area contributed by atoms with Gasteiger partial charge in [-0.05, 0) is 67.6 Å². The van der Waals surface area contributed by atoms with Crippen molar-refractivity contribution in [2.75, 3.05) is 24.7 Å². The third-order valence-electron chi connectivity index (χ3n) is 6.24. The minimum atomic E-state index is -0.559. The first kappa shape index (κ1) is 25.3. The highest BCUT2D eigenvalue weighted by atomic mass is 16.6. The van der Waals surface area contributed by atoms with E-state index in [1.54, 1.807) is 6.92 Å². The van der Waals surface area contributed by atoms with Crippen molar-refractivity contribution >= 4 is 23.4 Å². The summed E-state index contributed by atoms with van der Waals surface area (Å²) in [6.07, 6.45) is 0.617. The Morgan fingerprint density at radius 1 is 0.917 bits per heavy atom. The summed E-state index contributed by atoms with van der Waals surface area (Å²) in [4.78, 5) is 26.4. The standard InChI is InChI=1S/C29H31NO6/c1-2-34-28(32)20-36-27-15-9-14-23-24(26(31)17-16-25(23)27)18-19-35-29(33)30(21-10-5-3-6-11-21)22-12-7-4-8-13-22/h3-15,24,26,31H,2,16-20H2,1H3/t24-,26+/m1/s1. The normalized spacial score (nSPS) is 16.5. The molecule has 7 nitrogen and oxygen atoms in total. The van der Waals surface area contributed by atoms with Gasteiger partial charge < -0.3 is 19.3 Å². The number of aliphatic hydroxyl groups excluding tert-OH is 1. The van der Waals surface area contributed by atoms with Crippen molar-refractivity contribution in [1.29, 1.82) is 0 Å². The molecule has 0 saturated heterocycles. The van der Waals surface area contributed by atoms with E-state index in [1.165, 1.54) is 4.90 Å². The zero-order valence-electron chi connectivity index (χ0n) is 20.3. The Hall–Kier alpha value is -3.84. The monoisotopic (exact) mass is 489 g/mol. The van der Waals surface area contributed by atoms with E-state index >= 15 is 0 Å². The smallest absolute Gasteiger partial charge is 0.418 e. The highest BCUT2D eigenvalue weighted by Gasteiger charge is 2.30. The summed E-state index contributed by atoms with van der Waals surface area (Å²) in [5.41, 5.74) is 3.34. The van der Waals surface area contributed by atoms with Crippen molar-refractivity contribution in [3.63, 3.8) is 0 Å². The summed E-state index contributed by atoms with van der Waals surface area (Å²) in [5.74, 6) is -0.0147. The first-order valence-electron chi connectivity index (χ1n) is 12.2. The molecule has 1 N–H and O–H groups in total. The molecule has 1 aliphatic carbocycles. The second-order valence-electron chi connectivity index (χ2n) is 8.54. The third kappa shape index (κ3) is 6.04. The van der Waals surface area contributed by atoms with Crippen LogP contribution in [0.3, 0.4) is 0 Å². The van der Waals surface area contributed by atoms with Crippen molar-refractivity contribution < 1.29 is 28.9 Å². The SMILES string of the molecule is CCOC(=O)COc1cccc2c1CC[C@H](O)[C@@H]2CCOC(=O)N(c1ccccc1)c1ccccc1. The van der Waals surface area contributed by atoms with Crippen LogP contribution >= 0.6 is 0 Å². The molecule has 188 valence electrons. The van der Waals surface area contributed by atoms with Gasteiger partial charge in [-0.3, -0.25) is 0 Å². The lowest BCUT2D eigenvalue weighted by Crippen LogP contribution is -2.30. The van der Waals surface area contributed by atoms with Gasteiger partial charge in [0.05, 0.1) is 30.7 Å². The lowest BCUT2D eigenvalue weighted by atomic mass is 9.79. The van der Waals surface area contributed by atoms with Gasteiger partial charge in [-0.1, -0.05) is 48.5 Å². The van der Waals surface area contributed by atoms with E-state index in [1.807, 2.05) is 78.9 Å². The molecule has 4 rings (SSSR count). The van der Waals surface area contributed by atoms with E-state index in [0.29, 0.717) is 43.0 Å². The summed E-state index contributed by atoms with van der Waals surface area (Å²) in [6.45, 7) is 2.03. The molecule has 0 unspecified atom stereocenters. The first-order valence-corrected chi connectivity index (χ1v) is 12.2. The predicted octanol–water partition coefficient (Wildman–Crippen LogP) is 5.38. The Bertz CT molecular complexity index is 1110. The maximum absolute atomic E-state index is 13.1. The number of fused-ring (bicyclic) bond motifs is 1. The number of aliphatic hydroxyl groups is 1. The topological polar surface area (TPSA) is 85.3 Å². The molecule has 2 atom stereocenters. The van der Waals surface area contributed by atoms with Crippen LogP contribution in [0.15, 0.2) is 78.9 Å². The number of hydrogen-bond donors (Lipinski definition) is 1. The Morgan fingerprint density at radius 2 is 1.58 bits per heavy atom. The Labute approximate surface area is 211 Å². The van der Waals surface area contributed by atoms with E-state index < -0.39 is 18.2 Å². The van der Waals surface area contributed by atoms with Gasteiger partial charge in [0.25, 0.3) is 0 Å². The van der Waals surface area contributed by atoms with Gasteiger partial charge in [-0.2, -0.15) is 0 Å². The average Bonchev–Trinajstić information content (AvgIpc) is 2.90. The van der Waals surface area contributed by atoms with Gasteiger partial charge in [0.2, 0.25) is 0 Å². The number of anilines is 2. The molecule has 0 aliphatic heterocycles. The number of nitrogens with zero attached hydrogens (tertiary/aromatic N) is 1. The van der Waals surface area contributed by atoms with E-state index in [4.69, 9.17) is 14.2 Å². The van der Waals surface area contributed by atoms with Gasteiger partial charge in [-0.25, -0.2) is 14.5 Å². The van der Waals surface area contributed by atoms with Crippen LogP contribution < -0.4 is 9.64 Å².